The Morgan fingerprint density at radius 2 is 2.00 bits per heavy atom. The normalized spacial score (nSPS) is 15.1. The molecule has 3 rings (SSSR count). The van der Waals surface area contributed by atoms with E-state index in [1.54, 1.807) is 49.6 Å². The van der Waals surface area contributed by atoms with Crippen LogP contribution in [0.15, 0.2) is 47.4 Å². The Morgan fingerprint density at radius 3 is 2.68 bits per heavy atom. The predicted molar refractivity (Wildman–Crippen MR) is 113 cm³/mol. The molecule has 9 heteroatoms. The number of carbonyl (C=O) groups excluding carboxylic acids is 2. The third-order valence-corrected chi connectivity index (χ3v) is 5.35. The van der Waals surface area contributed by atoms with E-state index in [1.807, 2.05) is 0 Å². The van der Waals surface area contributed by atoms with Gasteiger partial charge in [-0.3, -0.25) is 15.0 Å². The molecule has 0 saturated carbocycles. The molecule has 0 atom stereocenters. The lowest BCUT2D eigenvalue weighted by Gasteiger charge is -2.15. The Balaban J connectivity index is 1.84. The molecule has 1 N–H and O–H groups in total. The van der Waals surface area contributed by atoms with E-state index >= 15 is 0 Å². The summed E-state index contributed by atoms with van der Waals surface area (Å²) in [6.07, 6.45) is 1.65. The minimum Gasteiger partial charge on any atom is -0.497 e. The third-order valence-electron chi connectivity index (χ3n) is 3.82. The Kier molecular flexibility index (Phi) is 6.23. The van der Waals surface area contributed by atoms with Gasteiger partial charge in [-0.05, 0) is 54.7 Å². The monoisotopic (exact) mass is 434 g/mol. The second-order valence-electron chi connectivity index (χ2n) is 5.58. The molecule has 0 bridgehead atoms. The van der Waals surface area contributed by atoms with Gasteiger partial charge in [0.25, 0.3) is 11.8 Å². The number of ether oxygens (including phenoxy) is 2. The summed E-state index contributed by atoms with van der Waals surface area (Å²) in [4.78, 5) is 25.5. The van der Waals surface area contributed by atoms with Gasteiger partial charge in [-0.1, -0.05) is 29.4 Å². The highest BCUT2D eigenvalue weighted by molar-refractivity contribution is 8.26. The first-order valence-electron chi connectivity index (χ1n) is 7.99. The summed E-state index contributed by atoms with van der Waals surface area (Å²) in [5, 5.41) is 1.46. The van der Waals surface area contributed by atoms with Gasteiger partial charge in [-0.2, -0.15) is 5.01 Å². The van der Waals surface area contributed by atoms with Gasteiger partial charge in [0.2, 0.25) is 0 Å². The molecule has 28 heavy (non-hydrogen) atoms. The van der Waals surface area contributed by atoms with E-state index in [2.05, 4.69) is 5.43 Å². The van der Waals surface area contributed by atoms with Gasteiger partial charge in [0, 0.05) is 16.1 Å². The maximum absolute atomic E-state index is 12.7. The second-order valence-corrected chi connectivity index (χ2v) is 7.69. The molecule has 2 aromatic rings. The smallest absolute Gasteiger partial charge is 0.285 e. The van der Waals surface area contributed by atoms with Crippen LogP contribution in [0.5, 0.6) is 11.5 Å². The number of amides is 2. The van der Waals surface area contributed by atoms with Crippen molar-refractivity contribution in [2.75, 3.05) is 14.2 Å². The molecule has 1 aliphatic heterocycles. The van der Waals surface area contributed by atoms with Crippen LogP contribution >= 0.6 is 35.6 Å². The van der Waals surface area contributed by atoms with Gasteiger partial charge >= 0.3 is 0 Å². The van der Waals surface area contributed by atoms with Crippen molar-refractivity contribution < 1.29 is 19.1 Å². The first-order valence-corrected chi connectivity index (χ1v) is 9.59. The lowest BCUT2D eigenvalue weighted by molar-refractivity contribution is -0.123. The number of hydrogen-bond acceptors (Lipinski definition) is 6. The predicted octanol–water partition coefficient (Wildman–Crippen LogP) is 3.90. The first kappa shape index (κ1) is 20.2. The van der Waals surface area contributed by atoms with Crippen LogP contribution in [0.25, 0.3) is 6.08 Å². The topological polar surface area (TPSA) is 67.9 Å². The molecule has 1 aliphatic rings. The quantitative estimate of drug-likeness (QED) is 0.568. The summed E-state index contributed by atoms with van der Waals surface area (Å²) in [5.41, 5.74) is 3.49. The maximum atomic E-state index is 12.7. The summed E-state index contributed by atoms with van der Waals surface area (Å²) in [7, 11) is 3.09. The number of hydrogen-bond donors (Lipinski definition) is 1. The van der Waals surface area contributed by atoms with E-state index in [9.17, 15) is 9.59 Å². The van der Waals surface area contributed by atoms with E-state index in [0.29, 0.717) is 32.6 Å². The van der Waals surface area contributed by atoms with E-state index in [0.717, 1.165) is 16.8 Å². The molecular weight excluding hydrogens is 420 g/mol. The highest BCUT2D eigenvalue weighted by atomic mass is 35.5. The molecule has 0 radical (unpaired) electrons. The van der Waals surface area contributed by atoms with Gasteiger partial charge in [-0.25, -0.2) is 0 Å². The Labute approximate surface area is 176 Å². The fraction of sp³-hybridized carbons (Fsp3) is 0.105. The first-order chi connectivity index (χ1) is 13.4. The van der Waals surface area contributed by atoms with Crippen molar-refractivity contribution in [1.29, 1.82) is 0 Å². The van der Waals surface area contributed by atoms with Crippen LogP contribution in [-0.4, -0.2) is 35.4 Å². The third kappa shape index (κ3) is 4.30. The average molecular weight is 435 g/mol. The molecule has 0 unspecified atom stereocenters. The van der Waals surface area contributed by atoms with Crippen molar-refractivity contribution in [2.24, 2.45) is 0 Å². The average Bonchev–Trinajstić information content (AvgIpc) is 2.95. The van der Waals surface area contributed by atoms with Crippen molar-refractivity contribution >= 4 is 57.8 Å². The number of methoxy groups -OCH3 is 2. The van der Waals surface area contributed by atoms with E-state index in [1.165, 1.54) is 13.2 Å². The highest BCUT2D eigenvalue weighted by Crippen LogP contribution is 2.34. The van der Waals surface area contributed by atoms with Crippen LogP contribution in [0.4, 0.5) is 0 Å². The summed E-state index contributed by atoms with van der Waals surface area (Å²) in [6.45, 7) is 0. The molecule has 2 aromatic carbocycles. The molecule has 1 heterocycles. The van der Waals surface area contributed by atoms with Crippen LogP contribution in [-0.2, 0) is 4.79 Å². The minimum absolute atomic E-state index is 0.216. The van der Waals surface area contributed by atoms with Crippen LogP contribution in [0.3, 0.4) is 0 Å². The van der Waals surface area contributed by atoms with Crippen LogP contribution < -0.4 is 14.9 Å². The van der Waals surface area contributed by atoms with Gasteiger partial charge in [0.15, 0.2) is 4.32 Å². The SMILES string of the molecule is COc1ccc(OC)c(/C=C2/SC(=S)N(NC(=O)c3cccc(Cl)c3)C2=O)c1. The largest absolute Gasteiger partial charge is 0.497 e. The summed E-state index contributed by atoms with van der Waals surface area (Å²) in [6, 6.07) is 11.6. The number of thioether (sulfide) groups is 1. The zero-order valence-corrected chi connectivity index (χ0v) is 17.3. The summed E-state index contributed by atoms with van der Waals surface area (Å²) >= 11 is 12.2. The highest BCUT2D eigenvalue weighted by Gasteiger charge is 2.34. The maximum Gasteiger partial charge on any atom is 0.285 e. The second kappa shape index (κ2) is 8.64. The number of nitrogens with zero attached hydrogens (tertiary/aromatic N) is 1. The fourth-order valence-electron chi connectivity index (χ4n) is 2.45. The van der Waals surface area contributed by atoms with E-state index in [4.69, 9.17) is 33.3 Å². The number of carbonyl (C=O) groups is 2. The van der Waals surface area contributed by atoms with Crippen molar-refractivity contribution in [1.82, 2.24) is 10.4 Å². The number of thiocarbonyl (C=S) groups is 1. The molecule has 1 fully saturated rings. The molecule has 0 aliphatic carbocycles. The number of halogens is 1. The van der Waals surface area contributed by atoms with Crippen LogP contribution in [0, 0.1) is 0 Å². The molecule has 1 saturated heterocycles. The van der Waals surface area contributed by atoms with Gasteiger partial charge in [-0.15, -0.1) is 0 Å². The Hall–Kier alpha value is -2.55. The van der Waals surface area contributed by atoms with E-state index < -0.39 is 11.8 Å². The minimum atomic E-state index is -0.487. The zero-order chi connectivity index (χ0) is 20.3. The molecule has 0 spiro atoms. The number of hydrazine groups is 1. The van der Waals surface area contributed by atoms with Crippen molar-refractivity contribution in [3.8, 4) is 11.5 Å². The van der Waals surface area contributed by atoms with Gasteiger partial charge in [0.1, 0.15) is 11.5 Å². The molecule has 6 nitrogen and oxygen atoms in total. The summed E-state index contributed by atoms with van der Waals surface area (Å²) < 4.78 is 10.8. The number of rotatable bonds is 5. The lowest BCUT2D eigenvalue weighted by atomic mass is 10.1. The van der Waals surface area contributed by atoms with Crippen molar-refractivity contribution in [2.45, 2.75) is 0 Å². The zero-order valence-electron chi connectivity index (χ0n) is 14.9. The molecule has 2 amide bonds. The van der Waals surface area contributed by atoms with Crippen LogP contribution in [0.2, 0.25) is 5.02 Å². The Morgan fingerprint density at radius 1 is 1.21 bits per heavy atom. The number of benzene rings is 2. The lowest BCUT2D eigenvalue weighted by Crippen LogP contribution is -2.44. The molecular formula is C19H15ClN2O4S2. The summed E-state index contributed by atoms with van der Waals surface area (Å²) in [5.74, 6) is 0.278. The Bertz CT molecular complexity index is 994. The molecule has 144 valence electrons. The standard InChI is InChI=1S/C19H15ClN2O4S2/c1-25-14-6-7-15(26-2)12(9-14)10-16-18(24)22(19(27)28-16)21-17(23)11-4-3-5-13(20)8-11/h3-10H,1-2H3,(H,21,23)/b16-10+. The number of nitrogens with one attached hydrogen (secondary N) is 1. The van der Waals surface area contributed by atoms with Crippen LogP contribution in [0.1, 0.15) is 15.9 Å². The fourth-order valence-corrected chi connectivity index (χ4v) is 3.81. The van der Waals surface area contributed by atoms with Crippen molar-refractivity contribution in [3.05, 3.63) is 63.5 Å². The van der Waals surface area contributed by atoms with Gasteiger partial charge in [0.05, 0.1) is 19.1 Å². The van der Waals surface area contributed by atoms with Crippen molar-refractivity contribution in [3.63, 3.8) is 0 Å². The van der Waals surface area contributed by atoms with Gasteiger partial charge < -0.3 is 9.47 Å². The molecule has 0 aromatic heterocycles. The van der Waals surface area contributed by atoms with E-state index in [-0.39, 0.29) is 4.32 Å².